The second-order valence-corrected chi connectivity index (χ2v) is 7.98. The van der Waals surface area contributed by atoms with Gasteiger partial charge in [-0.15, -0.1) is 10.2 Å². The lowest BCUT2D eigenvalue weighted by atomic mass is 9.95. The molecule has 1 aromatic heterocycles. The highest BCUT2D eigenvalue weighted by atomic mass is 32.2. The smallest absolute Gasteiger partial charge is 0.277 e. The van der Waals surface area contributed by atoms with Crippen LogP contribution in [0, 0.1) is 11.7 Å². The summed E-state index contributed by atoms with van der Waals surface area (Å²) in [4.78, 5) is 12.5. The van der Waals surface area contributed by atoms with E-state index in [0.717, 1.165) is 12.0 Å². The molecule has 152 valence electrons. The molecule has 1 amide bonds. The molecule has 0 radical (unpaired) electrons. The van der Waals surface area contributed by atoms with Crippen LogP contribution in [0.4, 0.5) is 4.39 Å². The van der Waals surface area contributed by atoms with E-state index in [2.05, 4.69) is 60.6 Å². The minimum absolute atomic E-state index is 0.0635. The van der Waals surface area contributed by atoms with Crippen LogP contribution < -0.4 is 5.32 Å². The lowest BCUT2D eigenvalue weighted by Crippen LogP contribution is -2.33. The fourth-order valence-electron chi connectivity index (χ4n) is 2.92. The molecular formula is C22H24FN3O2S. The Labute approximate surface area is 174 Å². The number of carbonyl (C=O) groups excluding carboxylic acids is 1. The molecular weight excluding hydrogens is 389 g/mol. The molecule has 0 bridgehead atoms. The largest absolute Gasteiger partial charge is 0.411 e. The van der Waals surface area contributed by atoms with Crippen LogP contribution in [-0.2, 0) is 11.2 Å². The maximum atomic E-state index is 13.0. The summed E-state index contributed by atoms with van der Waals surface area (Å²) in [6.07, 6.45) is 0.986. The quantitative estimate of drug-likeness (QED) is 0.524. The minimum atomic E-state index is -0.330. The van der Waals surface area contributed by atoms with E-state index in [1.54, 1.807) is 12.1 Å². The normalized spacial score (nSPS) is 12.2. The summed E-state index contributed by atoms with van der Waals surface area (Å²) in [5.41, 5.74) is 2.99. The standard InChI is InChI=1S/C22H24FN3O2S/c1-4-15-5-7-16(8-6-15)20(14(2)3)24-19(27)13-29-22-26-25-21(28-22)17-9-11-18(23)12-10-17/h5-12,14,20H,4,13H2,1-3H3,(H,24,27)/t20-/m1/s1. The van der Waals surface area contributed by atoms with E-state index in [1.807, 2.05) is 0 Å². The Bertz CT molecular complexity index is 939. The third-order valence-electron chi connectivity index (χ3n) is 4.55. The zero-order valence-corrected chi connectivity index (χ0v) is 17.5. The molecule has 1 N–H and O–H groups in total. The van der Waals surface area contributed by atoms with Gasteiger partial charge in [0.05, 0.1) is 11.8 Å². The summed E-state index contributed by atoms with van der Waals surface area (Å²) in [6, 6.07) is 14.1. The Balaban J connectivity index is 1.58. The molecule has 3 rings (SSSR count). The van der Waals surface area contributed by atoms with Gasteiger partial charge in [-0.3, -0.25) is 4.79 Å². The van der Waals surface area contributed by atoms with Crippen LogP contribution >= 0.6 is 11.8 Å². The first kappa shape index (κ1) is 21.0. The molecule has 0 aliphatic rings. The Kier molecular flexibility index (Phi) is 7.04. The van der Waals surface area contributed by atoms with Crippen LogP contribution in [0.1, 0.15) is 37.9 Å². The van der Waals surface area contributed by atoms with Crippen LogP contribution in [0.3, 0.4) is 0 Å². The number of hydrogen-bond donors (Lipinski definition) is 1. The van der Waals surface area contributed by atoms with Gasteiger partial charge in [-0.1, -0.05) is 56.8 Å². The lowest BCUT2D eigenvalue weighted by molar-refractivity contribution is -0.119. The van der Waals surface area contributed by atoms with Gasteiger partial charge in [0.2, 0.25) is 11.8 Å². The van der Waals surface area contributed by atoms with E-state index < -0.39 is 0 Å². The molecule has 0 unspecified atom stereocenters. The van der Waals surface area contributed by atoms with Crippen molar-refractivity contribution < 1.29 is 13.6 Å². The fraction of sp³-hybridized carbons (Fsp3) is 0.318. The van der Waals surface area contributed by atoms with Gasteiger partial charge in [-0.25, -0.2) is 4.39 Å². The summed E-state index contributed by atoms with van der Waals surface area (Å²) < 4.78 is 18.6. The summed E-state index contributed by atoms with van der Waals surface area (Å²) in [7, 11) is 0. The maximum Gasteiger partial charge on any atom is 0.277 e. The minimum Gasteiger partial charge on any atom is -0.411 e. The molecule has 5 nitrogen and oxygen atoms in total. The number of aromatic nitrogens is 2. The molecule has 0 spiro atoms. The molecule has 0 saturated carbocycles. The van der Waals surface area contributed by atoms with E-state index in [4.69, 9.17) is 4.42 Å². The van der Waals surface area contributed by atoms with Gasteiger partial charge in [0, 0.05) is 5.56 Å². The summed E-state index contributed by atoms with van der Waals surface area (Å²) in [6.45, 7) is 6.28. The topological polar surface area (TPSA) is 68.0 Å². The number of rotatable bonds is 8. The second kappa shape index (κ2) is 9.69. The maximum absolute atomic E-state index is 13.0. The summed E-state index contributed by atoms with van der Waals surface area (Å²) >= 11 is 1.18. The van der Waals surface area contributed by atoms with Crippen molar-refractivity contribution in [2.75, 3.05) is 5.75 Å². The lowest BCUT2D eigenvalue weighted by Gasteiger charge is -2.23. The number of nitrogens with zero attached hydrogens (tertiary/aromatic N) is 2. The van der Waals surface area contributed by atoms with Gasteiger partial charge < -0.3 is 9.73 Å². The number of benzene rings is 2. The first-order chi connectivity index (χ1) is 14.0. The van der Waals surface area contributed by atoms with Gasteiger partial charge in [0.15, 0.2) is 0 Å². The number of carbonyl (C=O) groups is 1. The zero-order chi connectivity index (χ0) is 20.8. The van der Waals surface area contributed by atoms with E-state index in [0.29, 0.717) is 16.7 Å². The third kappa shape index (κ3) is 5.67. The zero-order valence-electron chi connectivity index (χ0n) is 16.7. The highest BCUT2D eigenvalue weighted by Crippen LogP contribution is 2.25. The highest BCUT2D eigenvalue weighted by Gasteiger charge is 2.19. The van der Waals surface area contributed by atoms with Crippen LogP contribution in [0.2, 0.25) is 0 Å². The van der Waals surface area contributed by atoms with E-state index in [-0.39, 0.29) is 29.4 Å². The predicted molar refractivity (Wildman–Crippen MR) is 112 cm³/mol. The predicted octanol–water partition coefficient (Wildman–Crippen LogP) is 5.04. The van der Waals surface area contributed by atoms with Crippen LogP contribution in [0.5, 0.6) is 0 Å². The van der Waals surface area contributed by atoms with E-state index in [1.165, 1.54) is 29.5 Å². The number of halogens is 1. The number of hydrogen-bond acceptors (Lipinski definition) is 5. The highest BCUT2D eigenvalue weighted by molar-refractivity contribution is 7.99. The van der Waals surface area contributed by atoms with Crippen LogP contribution in [0.25, 0.3) is 11.5 Å². The molecule has 0 fully saturated rings. The second-order valence-electron chi connectivity index (χ2n) is 7.05. The van der Waals surface area contributed by atoms with Crippen molar-refractivity contribution >= 4 is 17.7 Å². The number of nitrogens with one attached hydrogen (secondary N) is 1. The van der Waals surface area contributed by atoms with Crippen LogP contribution in [0.15, 0.2) is 58.2 Å². The number of amides is 1. The number of aryl methyl sites for hydroxylation is 1. The van der Waals surface area contributed by atoms with Crippen molar-refractivity contribution in [2.45, 2.75) is 38.5 Å². The average Bonchev–Trinajstić information content (AvgIpc) is 3.20. The summed E-state index contributed by atoms with van der Waals surface area (Å²) in [5.74, 6) is 0.286. The van der Waals surface area contributed by atoms with E-state index >= 15 is 0 Å². The molecule has 0 aliphatic carbocycles. The van der Waals surface area contributed by atoms with Gasteiger partial charge >= 0.3 is 0 Å². The molecule has 7 heteroatoms. The van der Waals surface area contributed by atoms with Gasteiger partial charge in [-0.05, 0) is 47.7 Å². The van der Waals surface area contributed by atoms with Gasteiger partial charge in [0.25, 0.3) is 5.22 Å². The van der Waals surface area contributed by atoms with E-state index in [9.17, 15) is 9.18 Å². The van der Waals surface area contributed by atoms with Crippen molar-refractivity contribution in [3.05, 3.63) is 65.5 Å². The monoisotopic (exact) mass is 413 g/mol. The first-order valence-corrected chi connectivity index (χ1v) is 10.5. The third-order valence-corrected chi connectivity index (χ3v) is 5.37. The number of thioether (sulfide) groups is 1. The Morgan fingerprint density at radius 1 is 1.10 bits per heavy atom. The van der Waals surface area contributed by atoms with Crippen molar-refractivity contribution in [2.24, 2.45) is 5.92 Å². The molecule has 1 atom stereocenters. The van der Waals surface area contributed by atoms with Crippen molar-refractivity contribution in [1.82, 2.24) is 15.5 Å². The molecule has 29 heavy (non-hydrogen) atoms. The molecule has 3 aromatic rings. The summed E-state index contributed by atoms with van der Waals surface area (Å²) in [5, 5.41) is 11.3. The van der Waals surface area contributed by atoms with Crippen molar-refractivity contribution in [3.8, 4) is 11.5 Å². The SMILES string of the molecule is CCc1ccc([C@H](NC(=O)CSc2nnc(-c3ccc(F)cc3)o2)C(C)C)cc1. The van der Waals surface area contributed by atoms with Crippen LogP contribution in [-0.4, -0.2) is 21.9 Å². The molecule has 1 heterocycles. The first-order valence-electron chi connectivity index (χ1n) is 9.56. The van der Waals surface area contributed by atoms with Crippen molar-refractivity contribution in [3.63, 3.8) is 0 Å². The Morgan fingerprint density at radius 3 is 2.41 bits per heavy atom. The fourth-order valence-corrected chi connectivity index (χ4v) is 3.49. The Hall–Kier alpha value is -2.67. The average molecular weight is 414 g/mol. The molecule has 0 aliphatic heterocycles. The van der Waals surface area contributed by atoms with Gasteiger partial charge in [-0.2, -0.15) is 0 Å². The Morgan fingerprint density at radius 2 is 1.79 bits per heavy atom. The molecule has 2 aromatic carbocycles. The molecule has 0 saturated heterocycles. The van der Waals surface area contributed by atoms with Gasteiger partial charge in [0.1, 0.15) is 5.82 Å². The van der Waals surface area contributed by atoms with Crippen molar-refractivity contribution in [1.29, 1.82) is 0 Å².